The summed E-state index contributed by atoms with van der Waals surface area (Å²) in [5.74, 6) is 0.0859. The van der Waals surface area contributed by atoms with Crippen molar-refractivity contribution in [1.29, 1.82) is 0 Å². The molecule has 0 aromatic carbocycles. The van der Waals surface area contributed by atoms with Crippen molar-refractivity contribution in [3.8, 4) is 5.88 Å². The first kappa shape index (κ1) is 7.91. The Morgan fingerprint density at radius 3 is 2.91 bits per heavy atom. The Morgan fingerprint density at radius 1 is 1.64 bits per heavy atom. The highest BCUT2D eigenvalue weighted by atomic mass is 19.3. The Hall–Kier alpha value is -1.19. The molecule has 0 aliphatic heterocycles. The van der Waals surface area contributed by atoms with Gasteiger partial charge in [-0.05, 0) is 6.07 Å². The van der Waals surface area contributed by atoms with Crippen molar-refractivity contribution < 1.29 is 13.5 Å². The molecule has 59 valence electrons. The summed E-state index contributed by atoms with van der Waals surface area (Å²) in [4.78, 5) is 3.63. The van der Waals surface area contributed by atoms with E-state index in [-0.39, 0.29) is 11.4 Å². The molecule has 1 aromatic heterocycles. The first-order chi connectivity index (χ1) is 5.24. The van der Waals surface area contributed by atoms with E-state index >= 15 is 0 Å². The number of hydrogen-bond acceptors (Lipinski definition) is 2. The number of rotatable bonds is 2. The minimum absolute atomic E-state index is 0.0859. The van der Waals surface area contributed by atoms with Crippen molar-refractivity contribution >= 4 is 0 Å². The molecule has 0 saturated heterocycles. The SMILES string of the molecule is COc1[c]c(C(F)F)ccn1. The molecule has 1 rings (SSSR count). The fourth-order valence-corrected chi connectivity index (χ4v) is 0.614. The van der Waals surface area contributed by atoms with Crippen LogP contribution in [-0.2, 0) is 0 Å². The number of halogens is 2. The van der Waals surface area contributed by atoms with Crippen molar-refractivity contribution in [2.24, 2.45) is 0 Å². The average Bonchev–Trinajstić information content (AvgIpc) is 2.05. The molecule has 1 radical (unpaired) electrons. The van der Waals surface area contributed by atoms with Crippen LogP contribution in [0.25, 0.3) is 0 Å². The van der Waals surface area contributed by atoms with Gasteiger partial charge in [-0.15, -0.1) is 0 Å². The summed E-state index contributed by atoms with van der Waals surface area (Å²) in [5.41, 5.74) is -0.197. The van der Waals surface area contributed by atoms with E-state index in [0.29, 0.717) is 0 Å². The molecule has 0 spiro atoms. The normalized spacial score (nSPS) is 10.2. The maximum atomic E-state index is 12.0. The highest BCUT2D eigenvalue weighted by molar-refractivity contribution is 5.18. The Labute approximate surface area is 62.8 Å². The lowest BCUT2D eigenvalue weighted by molar-refractivity contribution is 0.150. The van der Waals surface area contributed by atoms with Crippen LogP contribution in [0.4, 0.5) is 8.78 Å². The van der Waals surface area contributed by atoms with Gasteiger partial charge in [0.25, 0.3) is 6.43 Å². The van der Waals surface area contributed by atoms with Gasteiger partial charge in [0.05, 0.1) is 13.2 Å². The van der Waals surface area contributed by atoms with Gasteiger partial charge < -0.3 is 4.74 Å². The fourth-order valence-electron chi connectivity index (χ4n) is 0.614. The molecule has 0 atom stereocenters. The number of hydrogen-bond donors (Lipinski definition) is 0. The molecule has 0 unspecified atom stereocenters. The average molecular weight is 158 g/mol. The smallest absolute Gasteiger partial charge is 0.264 e. The van der Waals surface area contributed by atoms with E-state index in [1.807, 2.05) is 0 Å². The van der Waals surface area contributed by atoms with Crippen LogP contribution in [0.5, 0.6) is 5.88 Å². The third-order valence-corrected chi connectivity index (χ3v) is 1.13. The first-order valence-corrected chi connectivity index (χ1v) is 2.94. The molecule has 0 amide bonds. The molecular formula is C7H6F2NO. The van der Waals surface area contributed by atoms with Gasteiger partial charge in [-0.2, -0.15) is 0 Å². The molecule has 1 aromatic rings. The summed E-state index contributed by atoms with van der Waals surface area (Å²) in [6.07, 6.45) is -1.26. The number of nitrogens with zero attached hydrogens (tertiary/aromatic N) is 1. The topological polar surface area (TPSA) is 22.1 Å². The molecule has 0 fully saturated rings. The van der Waals surface area contributed by atoms with Crippen molar-refractivity contribution in [1.82, 2.24) is 4.98 Å². The van der Waals surface area contributed by atoms with Gasteiger partial charge in [-0.1, -0.05) is 0 Å². The summed E-state index contributed by atoms with van der Waals surface area (Å²) >= 11 is 0. The molecule has 2 nitrogen and oxygen atoms in total. The Bertz CT molecular complexity index is 240. The molecule has 0 bridgehead atoms. The molecule has 0 aliphatic carbocycles. The monoisotopic (exact) mass is 158 g/mol. The lowest BCUT2D eigenvalue weighted by atomic mass is 10.3. The van der Waals surface area contributed by atoms with E-state index in [2.05, 4.69) is 15.8 Å². The lowest BCUT2D eigenvalue weighted by Crippen LogP contribution is -1.90. The van der Waals surface area contributed by atoms with Crippen molar-refractivity contribution in [2.75, 3.05) is 7.11 Å². The van der Waals surface area contributed by atoms with Crippen LogP contribution in [0.3, 0.4) is 0 Å². The largest absolute Gasteiger partial charge is 0.481 e. The van der Waals surface area contributed by atoms with E-state index in [1.54, 1.807) is 0 Å². The maximum Gasteiger partial charge on any atom is 0.264 e. The molecule has 1 heterocycles. The van der Waals surface area contributed by atoms with E-state index in [9.17, 15) is 8.78 Å². The zero-order valence-corrected chi connectivity index (χ0v) is 5.84. The van der Waals surface area contributed by atoms with Gasteiger partial charge in [0, 0.05) is 11.8 Å². The number of aromatic nitrogens is 1. The minimum atomic E-state index is -2.52. The zero-order valence-electron chi connectivity index (χ0n) is 5.84. The third kappa shape index (κ3) is 1.86. The summed E-state index contributed by atoms with van der Waals surface area (Å²) in [6.45, 7) is 0. The Kier molecular flexibility index (Phi) is 2.36. The Balaban J connectivity index is 2.91. The van der Waals surface area contributed by atoms with E-state index in [1.165, 1.54) is 19.4 Å². The van der Waals surface area contributed by atoms with Gasteiger partial charge in [0.2, 0.25) is 5.88 Å². The summed E-state index contributed by atoms with van der Waals surface area (Å²) in [7, 11) is 1.36. The highest BCUT2D eigenvalue weighted by Crippen LogP contribution is 2.19. The van der Waals surface area contributed by atoms with Gasteiger partial charge in [0.1, 0.15) is 0 Å². The van der Waals surface area contributed by atoms with Crippen LogP contribution >= 0.6 is 0 Å². The number of ether oxygens (including phenoxy) is 1. The van der Waals surface area contributed by atoms with Crippen LogP contribution in [0.1, 0.15) is 12.0 Å². The number of alkyl halides is 2. The predicted molar refractivity (Wildman–Crippen MR) is 34.6 cm³/mol. The predicted octanol–water partition coefficient (Wildman–Crippen LogP) is 1.83. The summed E-state index contributed by atoms with van der Waals surface area (Å²) in [5, 5.41) is 0. The second kappa shape index (κ2) is 3.27. The van der Waals surface area contributed by atoms with E-state index in [0.717, 1.165) is 0 Å². The quantitative estimate of drug-likeness (QED) is 0.655. The maximum absolute atomic E-state index is 12.0. The summed E-state index contributed by atoms with van der Waals surface area (Å²) in [6, 6.07) is 3.51. The molecule has 0 aliphatic rings. The minimum Gasteiger partial charge on any atom is -0.481 e. The van der Waals surface area contributed by atoms with Gasteiger partial charge in [-0.25, -0.2) is 13.8 Å². The van der Waals surface area contributed by atoms with Crippen LogP contribution in [0.2, 0.25) is 0 Å². The zero-order chi connectivity index (χ0) is 8.27. The van der Waals surface area contributed by atoms with Crippen molar-refractivity contribution in [3.05, 3.63) is 23.9 Å². The number of methoxy groups -OCH3 is 1. The fraction of sp³-hybridized carbons (Fsp3) is 0.286. The number of pyridine rings is 1. The molecule has 0 saturated carbocycles. The van der Waals surface area contributed by atoms with Crippen LogP contribution < -0.4 is 4.74 Å². The third-order valence-electron chi connectivity index (χ3n) is 1.13. The summed E-state index contributed by atoms with van der Waals surface area (Å²) < 4.78 is 28.5. The standard InChI is InChI=1S/C7H6F2NO/c1-11-6-4-5(7(8)9)2-3-10-6/h2-3,7H,1H3. The van der Waals surface area contributed by atoms with Crippen LogP contribution in [-0.4, -0.2) is 12.1 Å². The second-order valence-corrected chi connectivity index (χ2v) is 1.84. The molecule has 0 N–H and O–H groups in total. The van der Waals surface area contributed by atoms with Crippen molar-refractivity contribution in [3.63, 3.8) is 0 Å². The molecule has 4 heteroatoms. The molecule has 11 heavy (non-hydrogen) atoms. The Morgan fingerprint density at radius 2 is 2.36 bits per heavy atom. The van der Waals surface area contributed by atoms with Gasteiger partial charge in [0.15, 0.2) is 0 Å². The van der Waals surface area contributed by atoms with E-state index in [4.69, 9.17) is 0 Å². The lowest BCUT2D eigenvalue weighted by Gasteiger charge is -1.99. The molecular weight excluding hydrogens is 152 g/mol. The van der Waals surface area contributed by atoms with Crippen LogP contribution in [0.15, 0.2) is 12.3 Å². The van der Waals surface area contributed by atoms with Gasteiger partial charge >= 0.3 is 0 Å². The second-order valence-electron chi connectivity index (χ2n) is 1.84. The van der Waals surface area contributed by atoms with Crippen molar-refractivity contribution in [2.45, 2.75) is 6.43 Å². The highest BCUT2D eigenvalue weighted by Gasteiger charge is 2.07. The first-order valence-electron chi connectivity index (χ1n) is 2.94. The van der Waals surface area contributed by atoms with Crippen LogP contribution in [0, 0.1) is 6.07 Å². The van der Waals surface area contributed by atoms with Gasteiger partial charge in [-0.3, -0.25) is 0 Å². The van der Waals surface area contributed by atoms with E-state index < -0.39 is 6.43 Å².